The fourth-order valence-corrected chi connectivity index (χ4v) is 3.31. The minimum absolute atomic E-state index is 0.107. The molecule has 0 fully saturated rings. The third-order valence-electron chi connectivity index (χ3n) is 3.02. The molecule has 0 aliphatic heterocycles. The number of alkyl halides is 1. The van der Waals surface area contributed by atoms with E-state index in [0.717, 1.165) is 5.56 Å². The number of ether oxygens (including phenoxy) is 1. The molecule has 0 aliphatic rings. The Bertz CT molecular complexity index is 569. The molecule has 1 N–H and O–H groups in total. The number of methoxy groups -OCH3 is 1. The summed E-state index contributed by atoms with van der Waals surface area (Å²) in [5.41, 5.74) is 0.956. The molecule has 1 rings (SSSR count). The smallest absolute Gasteiger partial charge is 0.324 e. The van der Waals surface area contributed by atoms with Gasteiger partial charge in [-0.1, -0.05) is 26.0 Å². The van der Waals surface area contributed by atoms with Crippen LogP contribution in [0.2, 0.25) is 0 Å². The van der Waals surface area contributed by atoms with Crippen molar-refractivity contribution in [2.24, 2.45) is 5.92 Å². The summed E-state index contributed by atoms with van der Waals surface area (Å²) in [6, 6.07) is 5.50. The van der Waals surface area contributed by atoms with E-state index in [1.807, 2.05) is 0 Å². The molecule has 0 radical (unpaired) electrons. The van der Waals surface area contributed by atoms with Crippen LogP contribution in [0.1, 0.15) is 19.4 Å². The van der Waals surface area contributed by atoms with E-state index in [0.29, 0.717) is 12.3 Å². The highest BCUT2D eigenvalue weighted by atomic mass is 35.5. The van der Waals surface area contributed by atoms with Crippen molar-refractivity contribution in [3.63, 3.8) is 0 Å². The number of hydrogen-bond acceptors (Lipinski definition) is 4. The molecule has 118 valence electrons. The lowest BCUT2D eigenvalue weighted by atomic mass is 10.1. The van der Waals surface area contributed by atoms with Crippen molar-refractivity contribution >= 4 is 27.6 Å². The second-order valence-electron chi connectivity index (χ2n) is 4.95. The number of sulfonamides is 1. The Balaban J connectivity index is 2.96. The lowest BCUT2D eigenvalue weighted by molar-refractivity contribution is -0.143. The monoisotopic (exact) mass is 333 g/mol. The second kappa shape index (κ2) is 7.77. The molecule has 1 aromatic rings. The van der Waals surface area contributed by atoms with E-state index in [9.17, 15) is 13.2 Å². The molecular formula is C14H20ClNO4S. The first-order valence-electron chi connectivity index (χ1n) is 6.57. The zero-order chi connectivity index (χ0) is 16.0. The number of carbonyl (C=O) groups is 1. The van der Waals surface area contributed by atoms with Crippen molar-refractivity contribution in [2.75, 3.05) is 13.0 Å². The molecule has 0 unspecified atom stereocenters. The molecule has 21 heavy (non-hydrogen) atoms. The van der Waals surface area contributed by atoms with Gasteiger partial charge in [-0.05, 0) is 30.0 Å². The predicted octanol–water partition coefficient (Wildman–Crippen LogP) is 1.94. The Morgan fingerprint density at radius 3 is 2.29 bits per heavy atom. The van der Waals surface area contributed by atoms with Gasteiger partial charge in [0.25, 0.3) is 0 Å². The first-order chi connectivity index (χ1) is 9.81. The highest BCUT2D eigenvalue weighted by Gasteiger charge is 2.28. The normalized spacial score (nSPS) is 13.2. The fraction of sp³-hybridized carbons (Fsp3) is 0.500. The van der Waals surface area contributed by atoms with Crippen LogP contribution < -0.4 is 4.72 Å². The van der Waals surface area contributed by atoms with Gasteiger partial charge in [-0.2, -0.15) is 4.72 Å². The lowest BCUT2D eigenvalue weighted by Crippen LogP contribution is -2.44. The van der Waals surface area contributed by atoms with E-state index in [4.69, 9.17) is 11.6 Å². The maximum atomic E-state index is 12.3. The SMILES string of the molecule is COC(=O)[C@@H](NS(=O)(=O)c1ccc(CCCl)cc1)C(C)C. The van der Waals surface area contributed by atoms with E-state index in [2.05, 4.69) is 9.46 Å². The molecular weight excluding hydrogens is 314 g/mol. The molecule has 0 aromatic heterocycles. The summed E-state index contributed by atoms with van der Waals surface area (Å²) in [4.78, 5) is 11.7. The number of aryl methyl sites for hydroxylation is 1. The van der Waals surface area contributed by atoms with E-state index in [1.165, 1.54) is 19.2 Å². The van der Waals surface area contributed by atoms with Gasteiger partial charge in [0.2, 0.25) is 10.0 Å². The highest BCUT2D eigenvalue weighted by Crippen LogP contribution is 2.14. The van der Waals surface area contributed by atoms with Crippen molar-refractivity contribution in [3.05, 3.63) is 29.8 Å². The minimum Gasteiger partial charge on any atom is -0.468 e. The van der Waals surface area contributed by atoms with Gasteiger partial charge in [-0.15, -0.1) is 11.6 Å². The zero-order valence-corrected chi connectivity index (χ0v) is 13.9. The first kappa shape index (κ1) is 17.9. The van der Waals surface area contributed by atoms with Crippen LogP contribution in [0.5, 0.6) is 0 Å². The van der Waals surface area contributed by atoms with Crippen LogP contribution >= 0.6 is 11.6 Å². The minimum atomic E-state index is -3.78. The van der Waals surface area contributed by atoms with Gasteiger partial charge in [-0.3, -0.25) is 4.79 Å². The average molecular weight is 334 g/mol. The Labute approximate surface area is 130 Å². The maximum absolute atomic E-state index is 12.3. The van der Waals surface area contributed by atoms with Gasteiger partial charge >= 0.3 is 5.97 Å². The molecule has 1 atom stereocenters. The number of rotatable bonds is 7. The van der Waals surface area contributed by atoms with Crippen LogP contribution in [0.15, 0.2) is 29.2 Å². The van der Waals surface area contributed by atoms with Crippen molar-refractivity contribution in [3.8, 4) is 0 Å². The summed E-state index contributed by atoms with van der Waals surface area (Å²) in [5.74, 6) is -0.350. The van der Waals surface area contributed by atoms with Gasteiger partial charge in [0, 0.05) is 5.88 Å². The van der Waals surface area contributed by atoms with Gasteiger partial charge in [0.05, 0.1) is 12.0 Å². The number of carbonyl (C=O) groups excluding carboxylic acids is 1. The molecule has 0 amide bonds. The van der Waals surface area contributed by atoms with Gasteiger partial charge in [0.1, 0.15) is 6.04 Å². The van der Waals surface area contributed by atoms with Crippen LogP contribution in [-0.2, 0) is 26.0 Å². The Hall–Kier alpha value is -1.11. The Morgan fingerprint density at radius 1 is 1.29 bits per heavy atom. The molecule has 0 saturated heterocycles. The lowest BCUT2D eigenvalue weighted by Gasteiger charge is -2.19. The number of esters is 1. The predicted molar refractivity (Wildman–Crippen MR) is 81.8 cm³/mol. The molecule has 0 heterocycles. The van der Waals surface area contributed by atoms with E-state index in [1.54, 1.807) is 26.0 Å². The van der Waals surface area contributed by atoms with Gasteiger partial charge < -0.3 is 4.74 Å². The van der Waals surface area contributed by atoms with Crippen LogP contribution in [-0.4, -0.2) is 33.4 Å². The molecule has 0 spiro atoms. The standard InChI is InChI=1S/C14H20ClNO4S/c1-10(2)13(14(17)20-3)16-21(18,19)12-6-4-11(5-7-12)8-9-15/h4-7,10,13,16H,8-9H2,1-3H3/t13-/m0/s1. The average Bonchev–Trinajstić information content (AvgIpc) is 2.44. The number of nitrogens with one attached hydrogen (secondary N) is 1. The Kier molecular flexibility index (Phi) is 6.64. The number of halogens is 1. The quantitative estimate of drug-likeness (QED) is 0.611. The largest absolute Gasteiger partial charge is 0.468 e. The van der Waals surface area contributed by atoms with Crippen molar-refractivity contribution in [1.29, 1.82) is 0 Å². The van der Waals surface area contributed by atoms with E-state index < -0.39 is 22.0 Å². The summed E-state index contributed by atoms with van der Waals surface area (Å²) in [6.45, 7) is 3.49. The van der Waals surface area contributed by atoms with Crippen molar-refractivity contribution < 1.29 is 17.9 Å². The van der Waals surface area contributed by atoms with E-state index >= 15 is 0 Å². The topological polar surface area (TPSA) is 72.5 Å². The molecule has 1 aromatic carbocycles. The van der Waals surface area contributed by atoms with Crippen LogP contribution in [0.4, 0.5) is 0 Å². The van der Waals surface area contributed by atoms with Gasteiger partial charge in [0.15, 0.2) is 0 Å². The molecule has 5 nitrogen and oxygen atoms in total. The molecule has 7 heteroatoms. The van der Waals surface area contributed by atoms with Crippen molar-refractivity contribution in [1.82, 2.24) is 4.72 Å². The van der Waals surface area contributed by atoms with Gasteiger partial charge in [-0.25, -0.2) is 8.42 Å². The van der Waals surface area contributed by atoms with Crippen molar-refractivity contribution in [2.45, 2.75) is 31.2 Å². The highest BCUT2D eigenvalue weighted by molar-refractivity contribution is 7.89. The fourth-order valence-electron chi connectivity index (χ4n) is 1.76. The first-order valence-corrected chi connectivity index (χ1v) is 8.58. The summed E-state index contributed by atoms with van der Waals surface area (Å²) < 4.78 is 31.6. The maximum Gasteiger partial charge on any atom is 0.324 e. The Morgan fingerprint density at radius 2 is 1.86 bits per heavy atom. The van der Waals surface area contributed by atoms with Crippen LogP contribution in [0.3, 0.4) is 0 Å². The molecule has 0 saturated carbocycles. The third-order valence-corrected chi connectivity index (χ3v) is 4.67. The number of benzene rings is 1. The van der Waals surface area contributed by atoms with Crippen LogP contribution in [0, 0.1) is 5.92 Å². The summed E-state index contributed by atoms with van der Waals surface area (Å²) in [6.07, 6.45) is 0.673. The second-order valence-corrected chi connectivity index (χ2v) is 7.04. The molecule has 0 aliphatic carbocycles. The van der Waals surface area contributed by atoms with Crippen LogP contribution in [0.25, 0.3) is 0 Å². The summed E-state index contributed by atoms with van der Waals surface area (Å²) in [5, 5.41) is 0. The zero-order valence-electron chi connectivity index (χ0n) is 12.3. The number of hydrogen-bond donors (Lipinski definition) is 1. The molecule has 0 bridgehead atoms. The van der Waals surface area contributed by atoms with E-state index in [-0.39, 0.29) is 10.8 Å². The summed E-state index contributed by atoms with van der Waals surface area (Å²) >= 11 is 5.64. The summed E-state index contributed by atoms with van der Waals surface area (Å²) in [7, 11) is -2.55. The third kappa shape index (κ3) is 4.98.